The SMILES string of the molecule is Cn1ncc(NC(=O)c2cccc(COc3cccc(Cl)c3)c2)c1C(=O)N1CCCCC1. The smallest absolute Gasteiger partial charge is 0.274 e. The van der Waals surface area contributed by atoms with Gasteiger partial charge in [0.1, 0.15) is 18.1 Å². The molecule has 7 nitrogen and oxygen atoms in total. The van der Waals surface area contributed by atoms with Gasteiger partial charge in [-0.05, 0) is 55.2 Å². The first-order valence-electron chi connectivity index (χ1n) is 10.6. The maximum atomic E-state index is 13.0. The summed E-state index contributed by atoms with van der Waals surface area (Å²) in [6.45, 7) is 1.76. The lowest BCUT2D eigenvalue weighted by atomic mass is 10.1. The number of piperidine rings is 1. The molecule has 0 bridgehead atoms. The molecule has 1 aromatic heterocycles. The molecule has 2 heterocycles. The quantitative estimate of drug-likeness (QED) is 0.596. The molecule has 2 aromatic carbocycles. The molecule has 0 radical (unpaired) electrons. The van der Waals surface area contributed by atoms with Crippen molar-refractivity contribution in [1.82, 2.24) is 14.7 Å². The fraction of sp³-hybridized carbons (Fsp3) is 0.292. The number of rotatable bonds is 6. The van der Waals surface area contributed by atoms with Crippen LogP contribution in [0.25, 0.3) is 0 Å². The number of hydrogen-bond donors (Lipinski definition) is 1. The van der Waals surface area contributed by atoms with Crippen molar-refractivity contribution < 1.29 is 14.3 Å². The summed E-state index contributed by atoms with van der Waals surface area (Å²) in [7, 11) is 1.71. The second-order valence-corrected chi connectivity index (χ2v) is 8.22. The third-order valence-corrected chi connectivity index (χ3v) is 5.66. The fourth-order valence-electron chi connectivity index (χ4n) is 3.75. The number of benzene rings is 2. The van der Waals surface area contributed by atoms with Gasteiger partial charge in [-0.15, -0.1) is 0 Å². The first kappa shape index (κ1) is 21.9. The third kappa shape index (κ3) is 5.11. The Balaban J connectivity index is 1.45. The van der Waals surface area contributed by atoms with E-state index >= 15 is 0 Å². The molecule has 0 unspecified atom stereocenters. The first-order chi connectivity index (χ1) is 15.5. The molecule has 4 rings (SSSR count). The van der Waals surface area contributed by atoms with Crippen LogP contribution in [-0.2, 0) is 13.7 Å². The summed E-state index contributed by atoms with van der Waals surface area (Å²) in [5, 5.41) is 7.64. The van der Waals surface area contributed by atoms with Crippen molar-refractivity contribution in [2.75, 3.05) is 18.4 Å². The summed E-state index contributed by atoms with van der Waals surface area (Å²) >= 11 is 5.99. The predicted molar refractivity (Wildman–Crippen MR) is 123 cm³/mol. The van der Waals surface area contributed by atoms with Crippen molar-refractivity contribution >= 4 is 29.1 Å². The molecule has 1 saturated heterocycles. The van der Waals surface area contributed by atoms with Crippen LogP contribution < -0.4 is 10.1 Å². The minimum Gasteiger partial charge on any atom is -0.489 e. The van der Waals surface area contributed by atoms with Gasteiger partial charge in [-0.1, -0.05) is 29.8 Å². The molecule has 8 heteroatoms. The summed E-state index contributed by atoms with van der Waals surface area (Å²) in [6.07, 6.45) is 4.64. The Kier molecular flexibility index (Phi) is 6.75. The Morgan fingerprint density at radius 2 is 1.88 bits per heavy atom. The summed E-state index contributed by atoms with van der Waals surface area (Å²) in [4.78, 5) is 27.7. The molecule has 3 aromatic rings. The molecule has 0 spiro atoms. The lowest BCUT2D eigenvalue weighted by molar-refractivity contribution is 0.0714. The highest BCUT2D eigenvalue weighted by atomic mass is 35.5. The molecular formula is C24H25ClN4O3. The minimum atomic E-state index is -0.310. The van der Waals surface area contributed by atoms with Gasteiger partial charge in [0.05, 0.1) is 11.9 Å². The van der Waals surface area contributed by atoms with Crippen molar-refractivity contribution in [2.45, 2.75) is 25.9 Å². The van der Waals surface area contributed by atoms with Crippen LogP contribution in [0.3, 0.4) is 0 Å². The molecule has 166 valence electrons. The van der Waals surface area contributed by atoms with E-state index in [1.165, 1.54) is 10.9 Å². The number of amides is 2. The lowest BCUT2D eigenvalue weighted by Gasteiger charge is -2.27. The fourth-order valence-corrected chi connectivity index (χ4v) is 3.93. The normalized spacial score (nSPS) is 13.6. The second kappa shape index (κ2) is 9.87. The number of ether oxygens (including phenoxy) is 1. The van der Waals surface area contributed by atoms with Gasteiger partial charge in [-0.2, -0.15) is 5.10 Å². The minimum absolute atomic E-state index is 0.108. The Bertz CT molecular complexity index is 1120. The number of aryl methyl sites for hydroxylation is 1. The third-order valence-electron chi connectivity index (χ3n) is 5.42. The monoisotopic (exact) mass is 452 g/mol. The van der Waals surface area contributed by atoms with Crippen LogP contribution in [0.5, 0.6) is 5.75 Å². The zero-order valence-electron chi connectivity index (χ0n) is 17.9. The van der Waals surface area contributed by atoms with Crippen LogP contribution in [0.1, 0.15) is 45.7 Å². The van der Waals surface area contributed by atoms with E-state index in [0.29, 0.717) is 34.3 Å². The van der Waals surface area contributed by atoms with Crippen LogP contribution in [0.15, 0.2) is 54.7 Å². The van der Waals surface area contributed by atoms with Gasteiger partial charge in [0.2, 0.25) is 0 Å². The van der Waals surface area contributed by atoms with E-state index in [2.05, 4.69) is 10.4 Å². The second-order valence-electron chi connectivity index (χ2n) is 7.78. The Labute approximate surface area is 191 Å². The first-order valence-corrected chi connectivity index (χ1v) is 11.0. The Morgan fingerprint density at radius 1 is 1.09 bits per heavy atom. The number of halogens is 1. The van der Waals surface area contributed by atoms with Crippen molar-refractivity contribution in [3.05, 3.63) is 76.6 Å². The largest absolute Gasteiger partial charge is 0.489 e. The molecular weight excluding hydrogens is 428 g/mol. The number of anilines is 1. The van der Waals surface area contributed by atoms with Gasteiger partial charge >= 0.3 is 0 Å². The van der Waals surface area contributed by atoms with E-state index in [1.54, 1.807) is 37.4 Å². The summed E-state index contributed by atoms with van der Waals surface area (Å²) in [5.74, 6) is 0.238. The number of carbonyl (C=O) groups is 2. The maximum Gasteiger partial charge on any atom is 0.274 e. The van der Waals surface area contributed by atoms with Crippen molar-refractivity contribution in [3.8, 4) is 5.75 Å². The molecule has 0 saturated carbocycles. The van der Waals surface area contributed by atoms with Crippen LogP contribution in [0, 0.1) is 0 Å². The number of aromatic nitrogens is 2. The number of likely N-dealkylation sites (tertiary alicyclic amines) is 1. The molecule has 2 amide bonds. The van der Waals surface area contributed by atoms with E-state index in [0.717, 1.165) is 37.9 Å². The standard InChI is InChI=1S/C24H25ClN4O3/c1-28-22(24(31)29-11-3-2-4-12-29)21(15-26-28)27-23(30)18-8-5-7-17(13-18)16-32-20-10-6-9-19(25)14-20/h5-10,13-15H,2-4,11-12,16H2,1H3,(H,27,30). The topological polar surface area (TPSA) is 76.5 Å². The van der Waals surface area contributed by atoms with Gasteiger partial charge < -0.3 is 15.0 Å². The summed E-state index contributed by atoms with van der Waals surface area (Å²) in [5.41, 5.74) is 2.11. The zero-order valence-corrected chi connectivity index (χ0v) is 18.6. The average Bonchev–Trinajstić information content (AvgIpc) is 3.17. The zero-order chi connectivity index (χ0) is 22.5. The number of nitrogens with zero attached hydrogens (tertiary/aromatic N) is 3. The molecule has 0 aliphatic carbocycles. The maximum absolute atomic E-state index is 13.0. The highest BCUT2D eigenvalue weighted by Crippen LogP contribution is 2.21. The van der Waals surface area contributed by atoms with Gasteiger partial charge in [-0.3, -0.25) is 14.3 Å². The summed E-state index contributed by atoms with van der Waals surface area (Å²) < 4.78 is 7.28. The Hall–Kier alpha value is -3.32. The van der Waals surface area contributed by atoms with Crippen molar-refractivity contribution in [3.63, 3.8) is 0 Å². The summed E-state index contributed by atoms with van der Waals surface area (Å²) in [6, 6.07) is 14.3. The molecule has 1 N–H and O–H groups in total. The lowest BCUT2D eigenvalue weighted by Crippen LogP contribution is -2.37. The van der Waals surface area contributed by atoms with Gasteiger partial charge in [0.15, 0.2) is 0 Å². The van der Waals surface area contributed by atoms with Gasteiger partial charge in [0.25, 0.3) is 11.8 Å². The van der Waals surface area contributed by atoms with Crippen molar-refractivity contribution in [2.24, 2.45) is 7.05 Å². The van der Waals surface area contributed by atoms with Gasteiger partial charge in [0, 0.05) is 30.7 Å². The highest BCUT2D eigenvalue weighted by Gasteiger charge is 2.25. The molecule has 0 atom stereocenters. The van der Waals surface area contributed by atoms with E-state index < -0.39 is 0 Å². The van der Waals surface area contributed by atoms with E-state index in [4.69, 9.17) is 16.3 Å². The van der Waals surface area contributed by atoms with E-state index in [9.17, 15) is 9.59 Å². The van der Waals surface area contributed by atoms with Crippen molar-refractivity contribution in [1.29, 1.82) is 0 Å². The average molecular weight is 453 g/mol. The predicted octanol–water partition coefficient (Wildman–Crippen LogP) is 4.53. The number of hydrogen-bond acceptors (Lipinski definition) is 4. The molecule has 32 heavy (non-hydrogen) atoms. The molecule has 1 fully saturated rings. The van der Waals surface area contributed by atoms with Crippen LogP contribution >= 0.6 is 11.6 Å². The van der Waals surface area contributed by atoms with Gasteiger partial charge in [-0.25, -0.2) is 0 Å². The van der Waals surface area contributed by atoms with Crippen LogP contribution in [0.2, 0.25) is 5.02 Å². The Morgan fingerprint density at radius 3 is 2.66 bits per heavy atom. The number of nitrogens with one attached hydrogen (secondary N) is 1. The molecule has 1 aliphatic heterocycles. The van der Waals surface area contributed by atoms with E-state index in [-0.39, 0.29) is 11.8 Å². The van der Waals surface area contributed by atoms with Crippen LogP contribution in [-0.4, -0.2) is 39.6 Å². The number of carbonyl (C=O) groups excluding carboxylic acids is 2. The molecule has 1 aliphatic rings. The highest BCUT2D eigenvalue weighted by molar-refractivity contribution is 6.30. The van der Waals surface area contributed by atoms with Crippen LogP contribution in [0.4, 0.5) is 5.69 Å². The van der Waals surface area contributed by atoms with E-state index in [1.807, 2.05) is 23.1 Å².